The molecule has 14 rings (SSSR count). The van der Waals surface area contributed by atoms with Gasteiger partial charge in [-0.25, -0.2) is 0 Å². The highest BCUT2D eigenvalue weighted by atomic mass is 14.1. The molecule has 0 aromatic heterocycles. The highest BCUT2D eigenvalue weighted by Crippen LogP contribution is 2.30. The van der Waals surface area contributed by atoms with Gasteiger partial charge in [0.2, 0.25) is 0 Å². The van der Waals surface area contributed by atoms with Gasteiger partial charge >= 0.3 is 0 Å². The van der Waals surface area contributed by atoms with Crippen LogP contribution in [0.1, 0.15) is 33.4 Å². The molecule has 0 spiro atoms. The number of aryl methyl sites for hydroxylation is 6. The molecule has 74 heavy (non-hydrogen) atoms. The summed E-state index contributed by atoms with van der Waals surface area (Å²) in [6, 6.07) is 98.4. The average molecular weight is 953 g/mol. The van der Waals surface area contributed by atoms with Gasteiger partial charge in [0.25, 0.3) is 0 Å². The summed E-state index contributed by atoms with van der Waals surface area (Å²) < 4.78 is 0. The molecule has 0 heteroatoms. The van der Waals surface area contributed by atoms with Crippen LogP contribution in [0.3, 0.4) is 0 Å². The topological polar surface area (TPSA) is 0 Å². The SMILES string of the molecule is Cc1c2ccccc2cc2ccccc12.Cc1cc2ccccc2c2ccccc12.Cc1ccc2c(ccc3ccccc32)c1.Cc1ccc2ccccc2c1.Cc1cccc2ccccc12.Cc1ccccc1. The second-order valence-corrected chi connectivity index (χ2v) is 19.2. The monoisotopic (exact) mass is 953 g/mol. The molecule has 0 fully saturated rings. The molecule has 0 aliphatic carbocycles. The Morgan fingerprint density at radius 3 is 1.11 bits per heavy atom. The quantitative estimate of drug-likeness (QED) is 0.105. The maximum atomic E-state index is 2.26. The van der Waals surface area contributed by atoms with E-state index in [1.807, 2.05) is 18.2 Å². The molecule has 14 aromatic rings. The minimum absolute atomic E-state index is 1.31. The zero-order chi connectivity index (χ0) is 51.2. The Morgan fingerprint density at radius 1 is 0.162 bits per heavy atom. The Hall–Kier alpha value is -8.84. The van der Waals surface area contributed by atoms with E-state index in [2.05, 4.69) is 302 Å². The summed E-state index contributed by atoms with van der Waals surface area (Å²) in [7, 11) is 0. The maximum absolute atomic E-state index is 2.26. The maximum Gasteiger partial charge on any atom is -0.0103 e. The lowest BCUT2D eigenvalue weighted by Crippen LogP contribution is -1.81. The Labute approximate surface area is 437 Å². The summed E-state index contributed by atoms with van der Waals surface area (Å²) in [5, 5.41) is 21.4. The zero-order valence-corrected chi connectivity index (χ0v) is 43.6. The van der Waals surface area contributed by atoms with Crippen molar-refractivity contribution in [3.8, 4) is 0 Å². The van der Waals surface area contributed by atoms with Crippen LogP contribution < -0.4 is 0 Å². The van der Waals surface area contributed by atoms with Gasteiger partial charge in [0.1, 0.15) is 0 Å². The van der Waals surface area contributed by atoms with Crippen LogP contribution in [-0.4, -0.2) is 0 Å². The van der Waals surface area contributed by atoms with Crippen LogP contribution in [0.25, 0.3) is 86.2 Å². The number of hydrogen-bond donors (Lipinski definition) is 0. The normalized spacial score (nSPS) is 10.6. The molecule has 0 aliphatic heterocycles. The minimum Gasteiger partial charge on any atom is -0.0622 e. The summed E-state index contributed by atoms with van der Waals surface area (Å²) in [6.45, 7) is 12.9. The molecule has 0 unspecified atom stereocenters. The molecule has 0 radical (unpaired) electrons. The highest BCUT2D eigenvalue weighted by Gasteiger charge is 2.04. The number of fused-ring (bicyclic) bond motifs is 10. The third-order valence-electron chi connectivity index (χ3n) is 13.8. The molecule has 0 heterocycles. The molecule has 0 amide bonds. The third kappa shape index (κ3) is 12.2. The van der Waals surface area contributed by atoms with Crippen molar-refractivity contribution in [2.24, 2.45) is 0 Å². The van der Waals surface area contributed by atoms with Gasteiger partial charge in [0, 0.05) is 0 Å². The Morgan fingerprint density at radius 2 is 0.527 bits per heavy atom. The van der Waals surface area contributed by atoms with Gasteiger partial charge in [-0.2, -0.15) is 0 Å². The van der Waals surface area contributed by atoms with Gasteiger partial charge in [-0.3, -0.25) is 0 Å². The lowest BCUT2D eigenvalue weighted by Gasteiger charge is -2.06. The number of hydrogen-bond acceptors (Lipinski definition) is 0. The smallest absolute Gasteiger partial charge is 0.0103 e. The Kier molecular flexibility index (Phi) is 16.3. The molecule has 0 saturated carbocycles. The predicted octanol–water partition coefficient (Wildman–Crippen LogP) is 21.2. The second-order valence-electron chi connectivity index (χ2n) is 19.2. The van der Waals surface area contributed by atoms with E-state index < -0.39 is 0 Å². The van der Waals surface area contributed by atoms with Crippen molar-refractivity contribution >= 4 is 86.2 Å². The van der Waals surface area contributed by atoms with Crippen LogP contribution in [0, 0.1) is 41.5 Å². The van der Waals surface area contributed by atoms with Crippen molar-refractivity contribution < 1.29 is 0 Å². The molecule has 0 aliphatic rings. The van der Waals surface area contributed by atoms with Crippen molar-refractivity contribution in [2.45, 2.75) is 41.5 Å². The largest absolute Gasteiger partial charge is 0.0622 e. The first-order valence-electron chi connectivity index (χ1n) is 25.7. The second kappa shape index (κ2) is 24.1. The van der Waals surface area contributed by atoms with Gasteiger partial charge in [-0.1, -0.05) is 290 Å². The van der Waals surface area contributed by atoms with E-state index in [4.69, 9.17) is 0 Å². The first-order chi connectivity index (χ1) is 36.2. The van der Waals surface area contributed by atoms with Crippen LogP contribution in [0.5, 0.6) is 0 Å². The lowest BCUT2D eigenvalue weighted by atomic mass is 9.98. The zero-order valence-electron chi connectivity index (χ0n) is 43.6. The van der Waals surface area contributed by atoms with Crippen molar-refractivity contribution in [3.05, 3.63) is 312 Å². The van der Waals surface area contributed by atoms with E-state index in [9.17, 15) is 0 Å². The average Bonchev–Trinajstić information content (AvgIpc) is 3.44. The predicted molar refractivity (Wildman–Crippen MR) is 327 cm³/mol. The van der Waals surface area contributed by atoms with Gasteiger partial charge in [-0.15, -0.1) is 0 Å². The first-order valence-corrected chi connectivity index (χ1v) is 25.7. The van der Waals surface area contributed by atoms with Gasteiger partial charge in [0.15, 0.2) is 0 Å². The fourth-order valence-corrected chi connectivity index (χ4v) is 9.85. The fourth-order valence-electron chi connectivity index (χ4n) is 9.85. The summed E-state index contributed by atoms with van der Waals surface area (Å²) in [4.78, 5) is 0. The van der Waals surface area contributed by atoms with Crippen LogP contribution in [-0.2, 0) is 0 Å². The minimum atomic E-state index is 1.31. The van der Waals surface area contributed by atoms with Crippen molar-refractivity contribution in [1.82, 2.24) is 0 Å². The van der Waals surface area contributed by atoms with Gasteiger partial charge in [0.05, 0.1) is 0 Å². The summed E-state index contributed by atoms with van der Waals surface area (Å²) in [5.74, 6) is 0. The number of benzene rings is 14. The fraction of sp³-hybridized carbons (Fsp3) is 0.0811. The van der Waals surface area contributed by atoms with Gasteiger partial charge < -0.3 is 0 Å². The van der Waals surface area contributed by atoms with Crippen LogP contribution >= 0.6 is 0 Å². The first kappa shape index (κ1) is 50.1. The van der Waals surface area contributed by atoms with E-state index >= 15 is 0 Å². The van der Waals surface area contributed by atoms with E-state index in [1.165, 1.54) is 120 Å². The number of rotatable bonds is 0. The lowest BCUT2D eigenvalue weighted by molar-refractivity contribution is 1.48. The standard InChI is InChI=1S/3C15H12.2C11H10.C7H8/c1-11-14-8-4-2-6-12(14)10-13-7-3-5-9-15(11)13;1-11-10-12-6-2-3-8-14(12)15-9-5-4-7-13(11)15;1-11-6-9-15-13(10-11)8-7-12-4-2-3-5-14(12)15;1-9-5-4-7-10-6-2-3-8-11(9)10;1-9-6-7-10-4-2-3-5-11(10)8-9;1-7-5-3-2-4-6-7/h3*2-10H,1H3;2*2-8H,1H3;2-6H,1H3. The Balaban J connectivity index is 0.000000111. The van der Waals surface area contributed by atoms with Crippen LogP contribution in [0.4, 0.5) is 0 Å². The molecular formula is C74H64. The van der Waals surface area contributed by atoms with Crippen molar-refractivity contribution in [1.29, 1.82) is 0 Å². The molecule has 0 saturated heterocycles. The summed E-state index contributed by atoms with van der Waals surface area (Å²) in [5.41, 5.74) is 8.04. The van der Waals surface area contributed by atoms with E-state index in [1.54, 1.807) is 0 Å². The van der Waals surface area contributed by atoms with Crippen LogP contribution in [0.2, 0.25) is 0 Å². The van der Waals surface area contributed by atoms with E-state index in [0.717, 1.165) is 0 Å². The molecule has 14 aromatic carbocycles. The van der Waals surface area contributed by atoms with Crippen LogP contribution in [0.15, 0.2) is 279 Å². The third-order valence-corrected chi connectivity index (χ3v) is 13.8. The summed E-state index contributed by atoms with van der Waals surface area (Å²) >= 11 is 0. The highest BCUT2D eigenvalue weighted by molar-refractivity contribution is 6.09. The molecule has 360 valence electrons. The summed E-state index contributed by atoms with van der Waals surface area (Å²) in [6.07, 6.45) is 0. The molecule has 0 nitrogen and oxygen atoms in total. The molecule has 0 N–H and O–H groups in total. The van der Waals surface area contributed by atoms with Crippen molar-refractivity contribution in [2.75, 3.05) is 0 Å². The Bertz CT molecular complexity index is 4060. The van der Waals surface area contributed by atoms with E-state index in [-0.39, 0.29) is 0 Å². The van der Waals surface area contributed by atoms with Gasteiger partial charge in [-0.05, 0) is 150 Å². The van der Waals surface area contributed by atoms with E-state index in [0.29, 0.717) is 0 Å². The van der Waals surface area contributed by atoms with Crippen molar-refractivity contribution in [3.63, 3.8) is 0 Å². The molecule has 0 atom stereocenters. The molecule has 0 bridgehead atoms. The molecular weight excluding hydrogens is 889 g/mol.